The molecule has 0 bridgehead atoms. The average molecular weight is 365 g/mol. The number of carbonyl (C=O) groups excluding carboxylic acids is 1. The van der Waals surface area contributed by atoms with Gasteiger partial charge in [0.1, 0.15) is 5.75 Å². The minimum Gasteiger partial charge on any atom is -0.496 e. The number of methoxy groups -OCH3 is 1. The van der Waals surface area contributed by atoms with Crippen LogP contribution in [-0.2, 0) is 24.6 Å². The minimum absolute atomic E-state index is 0.351. The molecule has 0 atom stereocenters. The molecular formula is C16H17BrN2O3. The number of fused-ring (bicyclic) bond motifs is 3. The zero-order valence-corrected chi connectivity index (χ0v) is 14.4. The largest absolute Gasteiger partial charge is 0.496 e. The van der Waals surface area contributed by atoms with Gasteiger partial charge in [-0.2, -0.15) is 5.10 Å². The fraction of sp³-hybridized carbons (Fsp3) is 0.375. The second kappa shape index (κ2) is 5.76. The quantitative estimate of drug-likeness (QED) is 0.785. The van der Waals surface area contributed by atoms with Crippen molar-refractivity contribution in [3.63, 3.8) is 0 Å². The number of benzene rings is 1. The minimum atomic E-state index is -0.352. The molecule has 0 spiro atoms. The number of esters is 1. The number of rotatable bonds is 3. The molecular weight excluding hydrogens is 348 g/mol. The highest BCUT2D eigenvalue weighted by Gasteiger charge is 2.28. The van der Waals surface area contributed by atoms with Crippen molar-refractivity contribution in [2.75, 3.05) is 13.7 Å². The van der Waals surface area contributed by atoms with Crippen LogP contribution in [0.2, 0.25) is 0 Å². The van der Waals surface area contributed by atoms with E-state index in [0.29, 0.717) is 12.3 Å². The SMILES string of the molecule is CCOC(=O)c1nn(C)c2c1CCc1cc(OC)c(Br)cc1-2. The van der Waals surface area contributed by atoms with Crippen molar-refractivity contribution in [1.29, 1.82) is 0 Å². The Morgan fingerprint density at radius 3 is 2.86 bits per heavy atom. The van der Waals surface area contributed by atoms with Gasteiger partial charge in [0.15, 0.2) is 5.69 Å². The van der Waals surface area contributed by atoms with Crippen LogP contribution >= 0.6 is 15.9 Å². The van der Waals surface area contributed by atoms with Gasteiger partial charge in [-0.15, -0.1) is 0 Å². The number of halogens is 1. The van der Waals surface area contributed by atoms with Gasteiger partial charge in [-0.25, -0.2) is 4.79 Å². The molecule has 1 aromatic carbocycles. The first kappa shape index (κ1) is 15.1. The molecule has 0 saturated carbocycles. The normalized spacial score (nSPS) is 12.5. The van der Waals surface area contributed by atoms with E-state index in [2.05, 4.69) is 21.0 Å². The Morgan fingerprint density at radius 1 is 1.41 bits per heavy atom. The summed E-state index contributed by atoms with van der Waals surface area (Å²) in [7, 11) is 3.51. The van der Waals surface area contributed by atoms with E-state index in [1.165, 1.54) is 5.56 Å². The summed E-state index contributed by atoms with van der Waals surface area (Å²) in [5.74, 6) is 0.463. The van der Waals surface area contributed by atoms with E-state index >= 15 is 0 Å². The van der Waals surface area contributed by atoms with Crippen molar-refractivity contribution >= 4 is 21.9 Å². The molecule has 0 aliphatic heterocycles. The maximum absolute atomic E-state index is 12.1. The number of nitrogens with zero attached hydrogens (tertiary/aromatic N) is 2. The van der Waals surface area contributed by atoms with Gasteiger partial charge in [0.05, 0.1) is 23.9 Å². The Kier molecular flexibility index (Phi) is 3.95. The van der Waals surface area contributed by atoms with Gasteiger partial charge in [0.25, 0.3) is 0 Å². The van der Waals surface area contributed by atoms with Crippen molar-refractivity contribution in [3.8, 4) is 17.0 Å². The van der Waals surface area contributed by atoms with Crippen molar-refractivity contribution in [1.82, 2.24) is 9.78 Å². The molecule has 1 aromatic heterocycles. The summed E-state index contributed by atoms with van der Waals surface area (Å²) in [6, 6.07) is 4.07. The van der Waals surface area contributed by atoms with Crippen molar-refractivity contribution < 1.29 is 14.3 Å². The van der Waals surface area contributed by atoms with Crippen molar-refractivity contribution in [3.05, 3.63) is 33.4 Å². The fourth-order valence-electron chi connectivity index (χ4n) is 2.94. The maximum Gasteiger partial charge on any atom is 0.359 e. The highest BCUT2D eigenvalue weighted by molar-refractivity contribution is 9.10. The van der Waals surface area contributed by atoms with Gasteiger partial charge in [-0.05, 0) is 53.4 Å². The molecule has 116 valence electrons. The van der Waals surface area contributed by atoms with Crippen LogP contribution in [0.25, 0.3) is 11.3 Å². The monoisotopic (exact) mass is 364 g/mol. The van der Waals surface area contributed by atoms with Gasteiger partial charge < -0.3 is 9.47 Å². The summed E-state index contributed by atoms with van der Waals surface area (Å²) in [6.07, 6.45) is 1.62. The van der Waals surface area contributed by atoms with Crippen LogP contribution in [-0.4, -0.2) is 29.5 Å². The molecule has 0 unspecified atom stereocenters. The number of carbonyl (C=O) groups is 1. The van der Waals surface area contributed by atoms with E-state index in [4.69, 9.17) is 9.47 Å². The Bertz CT molecular complexity index is 752. The number of hydrogen-bond acceptors (Lipinski definition) is 4. The molecule has 1 aliphatic carbocycles. The molecule has 0 radical (unpaired) electrons. The molecule has 0 fully saturated rings. The second-order valence-corrected chi connectivity index (χ2v) is 6.02. The third kappa shape index (κ3) is 2.31. The van der Waals surface area contributed by atoms with E-state index in [9.17, 15) is 4.79 Å². The summed E-state index contributed by atoms with van der Waals surface area (Å²) in [4.78, 5) is 12.1. The lowest BCUT2D eigenvalue weighted by molar-refractivity contribution is 0.0517. The lowest BCUT2D eigenvalue weighted by Crippen LogP contribution is -2.11. The van der Waals surface area contributed by atoms with Gasteiger partial charge in [0.2, 0.25) is 0 Å². The average Bonchev–Trinajstić information content (AvgIpc) is 2.84. The number of aryl methyl sites for hydroxylation is 2. The standard InChI is InChI=1S/C16H17BrN2O3/c1-4-22-16(20)14-10-6-5-9-7-13(21-3)12(17)8-11(9)15(10)19(2)18-14/h7-8H,4-6H2,1-3H3. The molecule has 3 rings (SSSR count). The van der Waals surface area contributed by atoms with Crippen molar-refractivity contribution in [2.45, 2.75) is 19.8 Å². The van der Waals surface area contributed by atoms with Crippen LogP contribution in [0, 0.1) is 0 Å². The first-order valence-corrected chi connectivity index (χ1v) is 7.95. The van der Waals surface area contributed by atoms with Crippen LogP contribution < -0.4 is 4.74 Å². The molecule has 0 saturated heterocycles. The lowest BCUT2D eigenvalue weighted by atomic mass is 9.88. The van der Waals surface area contributed by atoms with Crippen LogP contribution in [0.1, 0.15) is 28.5 Å². The Hall–Kier alpha value is -1.82. The predicted octanol–water partition coefficient (Wildman–Crippen LogP) is 3.13. The van der Waals surface area contributed by atoms with Crippen LogP contribution in [0.4, 0.5) is 0 Å². The van der Waals surface area contributed by atoms with E-state index < -0.39 is 0 Å². The summed E-state index contributed by atoms with van der Waals surface area (Å²) in [6.45, 7) is 2.15. The fourth-order valence-corrected chi connectivity index (χ4v) is 3.45. The summed E-state index contributed by atoms with van der Waals surface area (Å²) in [5, 5.41) is 4.38. The van der Waals surface area contributed by atoms with Crippen molar-refractivity contribution in [2.24, 2.45) is 7.05 Å². The lowest BCUT2D eigenvalue weighted by Gasteiger charge is -2.19. The zero-order valence-electron chi connectivity index (χ0n) is 12.8. The summed E-state index contributed by atoms with van der Waals surface area (Å²) >= 11 is 3.53. The number of aromatic nitrogens is 2. The van der Waals surface area contributed by atoms with E-state index in [-0.39, 0.29) is 5.97 Å². The molecule has 0 amide bonds. The summed E-state index contributed by atoms with van der Waals surface area (Å²) < 4.78 is 13.1. The second-order valence-electron chi connectivity index (χ2n) is 5.16. The summed E-state index contributed by atoms with van der Waals surface area (Å²) in [5.41, 5.74) is 4.65. The third-order valence-corrected chi connectivity index (χ3v) is 4.51. The number of hydrogen-bond donors (Lipinski definition) is 0. The van der Waals surface area contributed by atoms with Crippen LogP contribution in [0.15, 0.2) is 16.6 Å². The van der Waals surface area contributed by atoms with E-state index in [1.54, 1.807) is 18.7 Å². The molecule has 22 heavy (non-hydrogen) atoms. The van der Waals surface area contributed by atoms with E-state index in [0.717, 1.165) is 39.9 Å². The number of ether oxygens (including phenoxy) is 2. The molecule has 5 nitrogen and oxygen atoms in total. The zero-order chi connectivity index (χ0) is 15.9. The third-order valence-electron chi connectivity index (χ3n) is 3.89. The van der Waals surface area contributed by atoms with Crippen LogP contribution in [0.3, 0.4) is 0 Å². The molecule has 6 heteroatoms. The predicted molar refractivity (Wildman–Crippen MR) is 86.3 cm³/mol. The molecule has 1 aliphatic rings. The van der Waals surface area contributed by atoms with Gasteiger partial charge in [0, 0.05) is 18.2 Å². The molecule has 2 aromatic rings. The highest BCUT2D eigenvalue weighted by atomic mass is 79.9. The Balaban J connectivity index is 2.15. The highest BCUT2D eigenvalue weighted by Crippen LogP contribution is 2.40. The van der Waals surface area contributed by atoms with Crippen LogP contribution in [0.5, 0.6) is 5.75 Å². The first-order chi connectivity index (χ1) is 10.6. The maximum atomic E-state index is 12.1. The first-order valence-electron chi connectivity index (χ1n) is 7.16. The van der Waals surface area contributed by atoms with E-state index in [1.807, 2.05) is 19.2 Å². The smallest absolute Gasteiger partial charge is 0.359 e. The molecule has 0 N–H and O–H groups in total. The van der Waals surface area contributed by atoms with Gasteiger partial charge >= 0.3 is 5.97 Å². The van der Waals surface area contributed by atoms with Gasteiger partial charge in [-0.3, -0.25) is 4.68 Å². The molecule has 1 heterocycles. The topological polar surface area (TPSA) is 53.3 Å². The Labute approximate surface area is 137 Å². The van der Waals surface area contributed by atoms with Gasteiger partial charge in [-0.1, -0.05) is 0 Å². The Morgan fingerprint density at radius 2 is 2.18 bits per heavy atom.